The molecule has 0 aliphatic carbocycles. The highest BCUT2D eigenvalue weighted by Crippen LogP contribution is 2.17. The Hall–Kier alpha value is -1.36. The molecule has 16 heavy (non-hydrogen) atoms. The number of carboxylic acids is 1. The van der Waals surface area contributed by atoms with E-state index in [1.165, 1.54) is 12.1 Å². The molecule has 2 N–H and O–H groups in total. The Bertz CT molecular complexity index is 429. The molecule has 0 atom stereocenters. The summed E-state index contributed by atoms with van der Waals surface area (Å²) in [5, 5.41) is 11.6. The van der Waals surface area contributed by atoms with Crippen molar-refractivity contribution in [1.29, 1.82) is 0 Å². The van der Waals surface area contributed by atoms with E-state index in [0.29, 0.717) is 4.47 Å². The van der Waals surface area contributed by atoms with Gasteiger partial charge in [-0.1, -0.05) is 15.9 Å². The van der Waals surface area contributed by atoms with Crippen molar-refractivity contribution in [2.75, 3.05) is 0 Å². The number of rotatable bonds is 3. The van der Waals surface area contributed by atoms with E-state index in [-0.39, 0.29) is 23.1 Å². The highest BCUT2D eigenvalue weighted by Gasteiger charge is 2.17. The molecule has 0 aromatic heterocycles. The Morgan fingerprint density at radius 2 is 1.94 bits per heavy atom. The number of benzene rings is 1. The average Bonchev–Trinajstić information content (AvgIpc) is 2.16. The van der Waals surface area contributed by atoms with Crippen molar-refractivity contribution in [3.05, 3.63) is 33.8 Å². The Kier molecular flexibility index (Phi) is 4.06. The maximum Gasteiger partial charge on any atom is 0.336 e. The van der Waals surface area contributed by atoms with Crippen molar-refractivity contribution in [2.24, 2.45) is 0 Å². The number of halogens is 1. The van der Waals surface area contributed by atoms with Crippen molar-refractivity contribution in [3.8, 4) is 0 Å². The van der Waals surface area contributed by atoms with Gasteiger partial charge in [0, 0.05) is 10.5 Å². The lowest BCUT2D eigenvalue weighted by Gasteiger charge is -2.10. The van der Waals surface area contributed by atoms with Gasteiger partial charge in [-0.15, -0.1) is 0 Å². The van der Waals surface area contributed by atoms with Crippen molar-refractivity contribution < 1.29 is 14.7 Å². The van der Waals surface area contributed by atoms with Gasteiger partial charge in [-0.3, -0.25) is 4.79 Å². The van der Waals surface area contributed by atoms with Gasteiger partial charge in [0.2, 0.25) is 0 Å². The van der Waals surface area contributed by atoms with Crippen LogP contribution in [0.4, 0.5) is 0 Å². The fourth-order valence-corrected chi connectivity index (χ4v) is 1.59. The van der Waals surface area contributed by atoms with E-state index < -0.39 is 5.97 Å². The maximum absolute atomic E-state index is 11.7. The molecule has 0 aliphatic heterocycles. The summed E-state index contributed by atoms with van der Waals surface area (Å²) >= 11 is 3.17. The SMILES string of the molecule is CC(C)NC(=O)c1ccc(Br)cc1C(=O)O. The molecule has 86 valence electrons. The van der Waals surface area contributed by atoms with Crippen LogP contribution in [0.15, 0.2) is 22.7 Å². The molecule has 0 heterocycles. The molecule has 0 unspecified atom stereocenters. The van der Waals surface area contributed by atoms with Gasteiger partial charge in [-0.2, -0.15) is 0 Å². The highest BCUT2D eigenvalue weighted by molar-refractivity contribution is 9.10. The number of hydrogen-bond donors (Lipinski definition) is 2. The van der Waals surface area contributed by atoms with Gasteiger partial charge in [0.15, 0.2) is 0 Å². The van der Waals surface area contributed by atoms with Crippen LogP contribution >= 0.6 is 15.9 Å². The smallest absolute Gasteiger partial charge is 0.336 e. The van der Waals surface area contributed by atoms with Crippen LogP contribution in [0.25, 0.3) is 0 Å². The van der Waals surface area contributed by atoms with Crippen molar-refractivity contribution in [1.82, 2.24) is 5.32 Å². The summed E-state index contributed by atoms with van der Waals surface area (Å²) in [5.41, 5.74) is 0.164. The summed E-state index contributed by atoms with van der Waals surface area (Å²) in [6, 6.07) is 4.52. The van der Waals surface area contributed by atoms with Gasteiger partial charge >= 0.3 is 5.97 Å². The molecule has 0 bridgehead atoms. The number of amides is 1. The first-order chi connectivity index (χ1) is 7.41. The highest BCUT2D eigenvalue weighted by atomic mass is 79.9. The second-order valence-corrected chi connectivity index (χ2v) is 4.54. The Labute approximate surface area is 102 Å². The molecule has 1 rings (SSSR count). The van der Waals surface area contributed by atoms with Gasteiger partial charge in [-0.25, -0.2) is 4.79 Å². The predicted octanol–water partition coefficient (Wildman–Crippen LogP) is 2.29. The fraction of sp³-hybridized carbons (Fsp3) is 0.273. The normalized spacial score (nSPS) is 10.2. The van der Waals surface area contributed by atoms with Crippen LogP contribution in [0.1, 0.15) is 34.6 Å². The number of hydrogen-bond acceptors (Lipinski definition) is 2. The molecule has 0 saturated heterocycles. The summed E-state index contributed by atoms with van der Waals surface area (Å²) in [7, 11) is 0. The summed E-state index contributed by atoms with van der Waals surface area (Å²) in [4.78, 5) is 22.7. The minimum absolute atomic E-state index is 0.00692. The number of nitrogens with one attached hydrogen (secondary N) is 1. The van der Waals surface area contributed by atoms with Crippen LogP contribution in [-0.4, -0.2) is 23.0 Å². The van der Waals surface area contributed by atoms with Gasteiger partial charge in [-0.05, 0) is 32.0 Å². The molecule has 0 fully saturated rings. The standard InChI is InChI=1S/C11H12BrNO3/c1-6(2)13-10(14)8-4-3-7(12)5-9(8)11(15)16/h3-6H,1-2H3,(H,13,14)(H,15,16). The minimum atomic E-state index is -1.12. The monoisotopic (exact) mass is 285 g/mol. The average molecular weight is 286 g/mol. The Morgan fingerprint density at radius 1 is 1.31 bits per heavy atom. The first-order valence-electron chi connectivity index (χ1n) is 4.75. The molecule has 0 aliphatic rings. The summed E-state index contributed by atoms with van der Waals surface area (Å²) in [6.45, 7) is 3.63. The zero-order valence-corrected chi connectivity index (χ0v) is 10.5. The lowest BCUT2D eigenvalue weighted by molar-refractivity contribution is 0.0690. The third-order valence-corrected chi connectivity index (χ3v) is 2.37. The third-order valence-electron chi connectivity index (χ3n) is 1.88. The Morgan fingerprint density at radius 3 is 2.44 bits per heavy atom. The molecule has 0 spiro atoms. The van der Waals surface area contributed by atoms with E-state index in [1.807, 2.05) is 13.8 Å². The lowest BCUT2D eigenvalue weighted by atomic mass is 10.1. The minimum Gasteiger partial charge on any atom is -0.478 e. The molecular weight excluding hydrogens is 274 g/mol. The van der Waals surface area contributed by atoms with Crippen LogP contribution < -0.4 is 5.32 Å². The quantitative estimate of drug-likeness (QED) is 0.895. The molecule has 0 radical (unpaired) electrons. The van der Waals surface area contributed by atoms with Crippen molar-refractivity contribution in [2.45, 2.75) is 19.9 Å². The molecule has 1 aromatic rings. The van der Waals surface area contributed by atoms with Crippen LogP contribution in [0.5, 0.6) is 0 Å². The second-order valence-electron chi connectivity index (χ2n) is 3.62. The van der Waals surface area contributed by atoms with E-state index in [4.69, 9.17) is 5.11 Å². The van der Waals surface area contributed by atoms with Gasteiger partial charge in [0.05, 0.1) is 11.1 Å². The number of carbonyl (C=O) groups excluding carboxylic acids is 1. The topological polar surface area (TPSA) is 66.4 Å². The number of aromatic carboxylic acids is 1. The molecule has 5 heteroatoms. The predicted molar refractivity (Wildman–Crippen MR) is 63.7 cm³/mol. The van der Waals surface area contributed by atoms with Crippen LogP contribution in [0.2, 0.25) is 0 Å². The van der Waals surface area contributed by atoms with E-state index in [1.54, 1.807) is 6.07 Å². The van der Waals surface area contributed by atoms with Gasteiger partial charge < -0.3 is 10.4 Å². The van der Waals surface area contributed by atoms with Crippen LogP contribution in [0, 0.1) is 0 Å². The summed E-state index contributed by atoms with van der Waals surface area (Å²) in [5.74, 6) is -1.49. The van der Waals surface area contributed by atoms with Gasteiger partial charge in [0.1, 0.15) is 0 Å². The van der Waals surface area contributed by atoms with E-state index >= 15 is 0 Å². The molecule has 1 aromatic carbocycles. The van der Waals surface area contributed by atoms with Crippen molar-refractivity contribution >= 4 is 27.8 Å². The van der Waals surface area contributed by atoms with Crippen molar-refractivity contribution in [3.63, 3.8) is 0 Å². The third kappa shape index (κ3) is 3.06. The number of carbonyl (C=O) groups is 2. The van der Waals surface area contributed by atoms with E-state index in [0.717, 1.165) is 0 Å². The van der Waals surface area contributed by atoms with Crippen LogP contribution in [-0.2, 0) is 0 Å². The lowest BCUT2D eigenvalue weighted by Crippen LogP contribution is -2.31. The first-order valence-corrected chi connectivity index (χ1v) is 5.55. The maximum atomic E-state index is 11.7. The zero-order valence-electron chi connectivity index (χ0n) is 8.95. The van der Waals surface area contributed by atoms with Crippen LogP contribution in [0.3, 0.4) is 0 Å². The van der Waals surface area contributed by atoms with Gasteiger partial charge in [0.25, 0.3) is 5.91 Å². The molecule has 1 amide bonds. The molecule has 0 saturated carbocycles. The second kappa shape index (κ2) is 5.12. The van der Waals surface area contributed by atoms with E-state index in [9.17, 15) is 9.59 Å². The summed E-state index contributed by atoms with van der Waals surface area (Å²) in [6.07, 6.45) is 0. The molecule has 4 nitrogen and oxygen atoms in total. The summed E-state index contributed by atoms with van der Waals surface area (Å²) < 4.78 is 0.631. The largest absolute Gasteiger partial charge is 0.478 e. The molecular formula is C11H12BrNO3. The first kappa shape index (κ1) is 12.7. The number of carboxylic acid groups (broad SMARTS) is 1. The fourth-order valence-electron chi connectivity index (χ4n) is 1.23. The Balaban J connectivity index is 3.12. The van der Waals surface area contributed by atoms with E-state index in [2.05, 4.69) is 21.2 Å². The zero-order chi connectivity index (χ0) is 12.3.